The number of amides is 3. The minimum atomic E-state index is -1.78. The smallest absolute Gasteiger partial charge is 0.261 e. The molecule has 39 heavy (non-hydrogen) atoms. The van der Waals surface area contributed by atoms with Crippen LogP contribution in [0.5, 0.6) is 0 Å². The van der Waals surface area contributed by atoms with E-state index in [-0.39, 0.29) is 11.5 Å². The van der Waals surface area contributed by atoms with Gasteiger partial charge in [0.1, 0.15) is 23.1 Å². The van der Waals surface area contributed by atoms with E-state index in [1.807, 2.05) is 18.2 Å². The zero-order valence-corrected chi connectivity index (χ0v) is 21.3. The second kappa shape index (κ2) is 9.02. The number of carbonyl (C=O) groups is 3. The van der Waals surface area contributed by atoms with Crippen molar-refractivity contribution < 1.29 is 14.4 Å². The van der Waals surface area contributed by atoms with Crippen molar-refractivity contribution in [3.05, 3.63) is 91.0 Å². The Morgan fingerprint density at radius 3 is 1.56 bits per heavy atom. The molecular weight excluding hydrogens is 494 g/mol. The first kappa shape index (κ1) is 24.2. The van der Waals surface area contributed by atoms with E-state index in [9.17, 15) is 14.4 Å². The van der Waals surface area contributed by atoms with Crippen molar-refractivity contribution in [2.75, 3.05) is 15.0 Å². The number of rotatable bonds is 5. The molecule has 0 saturated heterocycles. The van der Waals surface area contributed by atoms with E-state index in [0.717, 1.165) is 0 Å². The maximum absolute atomic E-state index is 14.6. The van der Waals surface area contributed by atoms with E-state index < -0.39 is 35.0 Å². The van der Waals surface area contributed by atoms with Crippen LogP contribution in [0.25, 0.3) is 0 Å². The first-order chi connectivity index (χ1) is 18.9. The number of nitrogens with zero attached hydrogens (tertiary/aromatic N) is 6. The summed E-state index contributed by atoms with van der Waals surface area (Å²) in [5, 5.41) is 17.2. The molecule has 0 fully saturated rings. The molecule has 3 atom stereocenters. The number of para-hydroxylation sites is 3. The normalized spacial score (nSPS) is 24.8. The molecule has 0 bridgehead atoms. The van der Waals surface area contributed by atoms with Gasteiger partial charge in [0.25, 0.3) is 17.7 Å². The lowest BCUT2D eigenvalue weighted by atomic mass is 9.61. The number of benzene rings is 3. The number of amidine groups is 1. The van der Waals surface area contributed by atoms with Gasteiger partial charge in [0.05, 0.1) is 22.8 Å². The number of hydrazone groups is 3. The van der Waals surface area contributed by atoms with Gasteiger partial charge in [-0.15, -0.1) is 0 Å². The maximum atomic E-state index is 14.6. The molecule has 0 aliphatic carbocycles. The van der Waals surface area contributed by atoms with Gasteiger partial charge in [-0.3, -0.25) is 14.4 Å². The molecule has 10 heteroatoms. The summed E-state index contributed by atoms with van der Waals surface area (Å²) in [7, 11) is 0. The van der Waals surface area contributed by atoms with Crippen LogP contribution in [0.2, 0.25) is 0 Å². The second-order valence-electron chi connectivity index (χ2n) is 9.61. The monoisotopic (exact) mass is 519 g/mol. The molecule has 3 heterocycles. The van der Waals surface area contributed by atoms with Gasteiger partial charge in [-0.25, -0.2) is 5.01 Å². The van der Waals surface area contributed by atoms with Crippen LogP contribution in [0.1, 0.15) is 13.8 Å². The van der Waals surface area contributed by atoms with Crippen molar-refractivity contribution >= 4 is 52.0 Å². The summed E-state index contributed by atoms with van der Waals surface area (Å²) in [4.78, 5) is 42.8. The Balaban J connectivity index is 1.51. The third-order valence-corrected chi connectivity index (χ3v) is 7.41. The number of nitrogens with two attached hydrogens (primary N) is 1. The summed E-state index contributed by atoms with van der Waals surface area (Å²) in [6, 6.07) is 26.6. The van der Waals surface area contributed by atoms with Crippen molar-refractivity contribution in [3.8, 4) is 0 Å². The minimum absolute atomic E-state index is 0.0691. The molecule has 3 aliphatic rings. The van der Waals surface area contributed by atoms with Crippen molar-refractivity contribution in [1.82, 2.24) is 0 Å². The zero-order valence-electron chi connectivity index (χ0n) is 21.3. The van der Waals surface area contributed by atoms with Gasteiger partial charge < -0.3 is 5.73 Å². The molecule has 0 radical (unpaired) electrons. The Labute approximate surface area is 224 Å². The summed E-state index contributed by atoms with van der Waals surface area (Å²) in [6.45, 7) is 3.33. The highest BCUT2D eigenvalue weighted by Crippen LogP contribution is 2.50. The van der Waals surface area contributed by atoms with E-state index in [1.54, 1.807) is 86.6 Å². The average molecular weight is 520 g/mol. The van der Waals surface area contributed by atoms with Crippen molar-refractivity contribution in [3.63, 3.8) is 0 Å². The van der Waals surface area contributed by atoms with E-state index in [0.29, 0.717) is 22.8 Å². The van der Waals surface area contributed by atoms with Gasteiger partial charge in [0, 0.05) is 5.71 Å². The van der Waals surface area contributed by atoms with Crippen LogP contribution < -0.4 is 20.8 Å². The SMILES string of the molecule is CC1=NN(c2ccccc2)C(=O)[C@H]1[C@]1([C@H]2C(=O)N(c3ccccc3)N=C2N)C(=O)N(c2ccccc2)N=C1C. The van der Waals surface area contributed by atoms with Crippen LogP contribution in [0.4, 0.5) is 17.1 Å². The van der Waals surface area contributed by atoms with Crippen LogP contribution in [0, 0.1) is 17.3 Å². The molecule has 10 nitrogen and oxygen atoms in total. The number of hydrogen-bond acceptors (Lipinski definition) is 7. The van der Waals surface area contributed by atoms with E-state index in [4.69, 9.17) is 5.73 Å². The molecule has 2 N–H and O–H groups in total. The van der Waals surface area contributed by atoms with Gasteiger partial charge in [-0.1, -0.05) is 54.6 Å². The molecule has 3 amide bonds. The molecule has 0 saturated carbocycles. The van der Waals surface area contributed by atoms with Crippen LogP contribution in [0.3, 0.4) is 0 Å². The molecule has 0 aromatic heterocycles. The van der Waals surface area contributed by atoms with Crippen LogP contribution in [-0.2, 0) is 14.4 Å². The van der Waals surface area contributed by atoms with Crippen LogP contribution in [-0.4, -0.2) is 35.0 Å². The Bertz CT molecular complexity index is 1490. The van der Waals surface area contributed by atoms with Crippen molar-refractivity contribution in [2.45, 2.75) is 13.8 Å². The summed E-state index contributed by atoms with van der Waals surface area (Å²) in [5.41, 5.74) is 6.90. The highest BCUT2D eigenvalue weighted by Gasteiger charge is 2.69. The second-order valence-corrected chi connectivity index (χ2v) is 9.61. The molecule has 6 rings (SSSR count). The quantitative estimate of drug-likeness (QED) is 0.555. The van der Waals surface area contributed by atoms with Crippen LogP contribution >= 0.6 is 0 Å². The summed E-state index contributed by atoms with van der Waals surface area (Å²) in [5.74, 6) is -4.00. The first-order valence-electron chi connectivity index (χ1n) is 12.5. The van der Waals surface area contributed by atoms with E-state index >= 15 is 0 Å². The molecule has 0 unspecified atom stereocenters. The van der Waals surface area contributed by atoms with Crippen LogP contribution in [0.15, 0.2) is 106 Å². The topological polar surface area (TPSA) is 124 Å². The largest absolute Gasteiger partial charge is 0.385 e. The number of anilines is 3. The van der Waals surface area contributed by atoms with Gasteiger partial charge >= 0.3 is 0 Å². The fraction of sp³-hybridized carbons (Fsp3) is 0.172. The Morgan fingerprint density at radius 1 is 0.615 bits per heavy atom. The molecule has 3 aromatic carbocycles. The van der Waals surface area contributed by atoms with Gasteiger partial charge in [-0.05, 0) is 50.2 Å². The maximum Gasteiger partial charge on any atom is 0.261 e. The van der Waals surface area contributed by atoms with Crippen molar-refractivity contribution in [2.24, 2.45) is 38.3 Å². The summed E-state index contributed by atoms with van der Waals surface area (Å²) >= 11 is 0. The lowest BCUT2D eigenvalue weighted by Gasteiger charge is -2.36. The molecule has 3 aromatic rings. The third kappa shape index (κ3) is 3.48. The van der Waals surface area contributed by atoms with Gasteiger partial charge in [0.15, 0.2) is 0 Å². The average Bonchev–Trinajstić information content (AvgIpc) is 3.53. The van der Waals surface area contributed by atoms with E-state index in [2.05, 4.69) is 15.3 Å². The molecule has 3 aliphatic heterocycles. The Morgan fingerprint density at radius 2 is 1.05 bits per heavy atom. The Kier molecular flexibility index (Phi) is 5.60. The number of carbonyl (C=O) groups excluding carboxylic acids is 3. The molecule has 0 spiro atoms. The molecular formula is C29H25N7O3. The van der Waals surface area contributed by atoms with Gasteiger partial charge in [-0.2, -0.15) is 25.3 Å². The third-order valence-electron chi connectivity index (χ3n) is 7.41. The number of hydrogen-bond donors (Lipinski definition) is 1. The first-order valence-corrected chi connectivity index (χ1v) is 12.5. The summed E-state index contributed by atoms with van der Waals surface area (Å²) in [6.07, 6.45) is 0. The fourth-order valence-corrected chi connectivity index (χ4v) is 5.68. The zero-order chi connectivity index (χ0) is 27.3. The highest BCUT2D eigenvalue weighted by atomic mass is 16.2. The Hall–Kier alpha value is -5.12. The van der Waals surface area contributed by atoms with Gasteiger partial charge in [0.2, 0.25) is 0 Å². The highest BCUT2D eigenvalue weighted by molar-refractivity contribution is 6.33. The lowest BCUT2D eigenvalue weighted by Crippen LogP contribution is -2.59. The lowest BCUT2D eigenvalue weighted by molar-refractivity contribution is -0.136. The standard InChI is InChI=1S/C29H25N7O3/c1-18-23(26(37)34(31-18)20-12-6-3-7-13-20)29(19(2)32-36(28(29)39)22-16-10-5-11-17-22)24-25(30)33-35(27(24)38)21-14-8-4-9-15-21/h3-17,23-24H,1-2H3,(H2,30,33)/t23-,24+,29+/m0/s1. The summed E-state index contributed by atoms with van der Waals surface area (Å²) < 4.78 is 0. The molecule has 194 valence electrons. The predicted octanol–water partition coefficient (Wildman–Crippen LogP) is 3.37. The predicted molar refractivity (Wildman–Crippen MR) is 149 cm³/mol. The minimum Gasteiger partial charge on any atom is -0.385 e. The van der Waals surface area contributed by atoms with Crippen molar-refractivity contribution in [1.29, 1.82) is 0 Å². The van der Waals surface area contributed by atoms with E-state index in [1.165, 1.54) is 15.0 Å². The fourth-order valence-electron chi connectivity index (χ4n) is 5.68.